The molecule has 1 aromatic heterocycles. The Morgan fingerprint density at radius 1 is 0.247 bits per heavy atom. The van der Waals surface area contributed by atoms with Crippen LogP contribution in [0.1, 0.15) is 38.9 Å². The number of nitrogens with zero attached hydrogens (tertiary/aromatic N) is 1. The highest BCUT2D eigenvalue weighted by Crippen LogP contribution is 2.56. The molecule has 0 fully saturated rings. The molecule has 0 N–H and O–H groups in total. The number of aromatic nitrogens is 1. The zero-order valence-electron chi connectivity index (χ0n) is 43.8. The molecule has 0 atom stereocenters. The van der Waals surface area contributed by atoms with Crippen molar-refractivity contribution in [2.45, 2.75) is 26.2 Å². The summed E-state index contributed by atoms with van der Waals surface area (Å²) in [6, 6.07) is 109. The predicted octanol–water partition coefficient (Wildman–Crippen LogP) is 20.1. The van der Waals surface area contributed by atoms with Gasteiger partial charge in [0.25, 0.3) is 0 Å². The minimum Gasteiger partial charge on any atom is -0.309 e. The fourth-order valence-corrected chi connectivity index (χ4v) is 11.4. The Bertz CT molecular complexity index is 4090. The van der Waals surface area contributed by atoms with Crippen LogP contribution < -0.4 is 0 Å². The lowest BCUT2D eigenvalue weighted by molar-refractivity contribution is 0.767. The maximum absolute atomic E-state index is 2.39. The van der Waals surface area contributed by atoms with Crippen molar-refractivity contribution in [3.05, 3.63) is 342 Å². The van der Waals surface area contributed by atoms with Crippen molar-refractivity contribution < 1.29 is 0 Å². The van der Waals surface area contributed by atoms with Gasteiger partial charge < -0.3 is 4.57 Å². The molecular weight excluding hydrogens is 927 g/mol. The summed E-state index contributed by atoms with van der Waals surface area (Å²) in [5.74, 6) is 0. The average Bonchev–Trinajstić information content (AvgIpc) is 4.15. The first-order valence-electron chi connectivity index (χ1n) is 26.7. The summed E-state index contributed by atoms with van der Waals surface area (Å²) in [4.78, 5) is 0. The Morgan fingerprint density at radius 3 is 1.30 bits per heavy atom. The van der Waals surface area contributed by atoms with Crippen LogP contribution in [-0.4, -0.2) is 4.57 Å². The molecule has 12 aromatic carbocycles. The van der Waals surface area contributed by atoms with E-state index in [4.69, 9.17) is 0 Å². The smallest absolute Gasteiger partial charge is 0.0713 e. The van der Waals surface area contributed by atoms with E-state index < -0.39 is 0 Å². The molecule has 1 heteroatoms. The monoisotopic (exact) mass is 985 g/mol. The second kappa shape index (κ2) is 21.4. The van der Waals surface area contributed by atoms with Crippen molar-refractivity contribution in [2.75, 3.05) is 0 Å². The molecule has 14 rings (SSSR count). The molecule has 0 spiro atoms. The standard InChI is InChI=1S/C37H27N.C26H20.C13H12/c1-26-17-19-28(20-18-26)29-11-7-12-30(23-29)32-21-22-37-35(25-32)34-15-5-6-16-36(34)38(37)33-14-8-13-31(24-33)27-9-3-2-4-10-27;1-19-16-17-23-22-14-8-9-15-24(22)26(25(23)18-19,20-10-4-2-5-11-20)21-12-6-3-7-13-21;1-11-7-9-13(10-8-11)12-5-3-2-4-6-12/h2-25H,1H3;2-18H,1H3;2-10H,1H3. The summed E-state index contributed by atoms with van der Waals surface area (Å²) in [5.41, 5.74) is 25.3. The number of para-hydroxylation sites is 1. The molecule has 1 nitrogen and oxygen atoms in total. The molecule has 0 radical (unpaired) electrons. The Morgan fingerprint density at radius 2 is 0.662 bits per heavy atom. The first kappa shape index (κ1) is 48.4. The molecule has 0 saturated heterocycles. The van der Waals surface area contributed by atoms with Crippen molar-refractivity contribution in [3.8, 4) is 61.3 Å². The molecular formula is C76H59N. The number of fused-ring (bicyclic) bond motifs is 6. The Kier molecular flexibility index (Phi) is 13.4. The van der Waals surface area contributed by atoms with Gasteiger partial charge in [-0.3, -0.25) is 0 Å². The molecule has 0 amide bonds. The van der Waals surface area contributed by atoms with Crippen LogP contribution in [0.5, 0.6) is 0 Å². The lowest BCUT2D eigenvalue weighted by atomic mass is 9.67. The maximum Gasteiger partial charge on any atom is 0.0713 e. The van der Waals surface area contributed by atoms with Gasteiger partial charge in [0.1, 0.15) is 0 Å². The summed E-state index contributed by atoms with van der Waals surface area (Å²) in [6.07, 6.45) is 0. The van der Waals surface area contributed by atoms with E-state index >= 15 is 0 Å². The van der Waals surface area contributed by atoms with Crippen molar-refractivity contribution >= 4 is 21.8 Å². The fourth-order valence-electron chi connectivity index (χ4n) is 11.4. The van der Waals surface area contributed by atoms with Gasteiger partial charge in [-0.2, -0.15) is 0 Å². The average molecular weight is 986 g/mol. The zero-order valence-corrected chi connectivity index (χ0v) is 43.8. The van der Waals surface area contributed by atoms with Gasteiger partial charge in [0.2, 0.25) is 0 Å². The van der Waals surface area contributed by atoms with Crippen molar-refractivity contribution in [2.24, 2.45) is 0 Å². The van der Waals surface area contributed by atoms with E-state index in [0.717, 1.165) is 0 Å². The molecule has 1 aliphatic carbocycles. The number of hydrogen-bond acceptors (Lipinski definition) is 0. The summed E-state index contributed by atoms with van der Waals surface area (Å²) >= 11 is 0. The number of benzene rings is 12. The molecule has 0 saturated carbocycles. The normalized spacial score (nSPS) is 11.9. The van der Waals surface area contributed by atoms with Gasteiger partial charge in [-0.1, -0.05) is 284 Å². The van der Waals surface area contributed by atoms with Gasteiger partial charge in [-0.25, -0.2) is 0 Å². The lowest BCUT2D eigenvalue weighted by Gasteiger charge is -2.34. The van der Waals surface area contributed by atoms with Crippen LogP contribution in [0, 0.1) is 20.8 Å². The van der Waals surface area contributed by atoms with Crippen molar-refractivity contribution in [1.82, 2.24) is 4.57 Å². The van der Waals surface area contributed by atoms with E-state index in [9.17, 15) is 0 Å². The Balaban J connectivity index is 0.000000131. The van der Waals surface area contributed by atoms with Gasteiger partial charge >= 0.3 is 0 Å². The first-order valence-corrected chi connectivity index (χ1v) is 26.7. The highest BCUT2D eigenvalue weighted by atomic mass is 15.0. The van der Waals surface area contributed by atoms with Gasteiger partial charge in [-0.15, -0.1) is 0 Å². The zero-order chi connectivity index (χ0) is 52.1. The molecule has 1 aliphatic rings. The van der Waals surface area contributed by atoms with Gasteiger partial charge in [0, 0.05) is 16.5 Å². The van der Waals surface area contributed by atoms with Crippen molar-refractivity contribution in [1.29, 1.82) is 0 Å². The summed E-state index contributed by atoms with van der Waals surface area (Å²) in [5, 5.41) is 2.54. The number of rotatable bonds is 7. The fraction of sp³-hybridized carbons (Fsp3) is 0.0526. The molecule has 0 unspecified atom stereocenters. The molecule has 13 aromatic rings. The van der Waals surface area contributed by atoms with Crippen LogP contribution in [-0.2, 0) is 5.41 Å². The third-order valence-electron chi connectivity index (χ3n) is 15.2. The third kappa shape index (κ3) is 9.50. The van der Waals surface area contributed by atoms with E-state index in [-0.39, 0.29) is 5.41 Å². The second-order valence-electron chi connectivity index (χ2n) is 20.3. The van der Waals surface area contributed by atoms with Crippen LogP contribution in [0.25, 0.3) is 83.1 Å². The Hall–Kier alpha value is -9.56. The number of aryl methyl sites for hydroxylation is 3. The molecule has 0 aliphatic heterocycles. The molecule has 0 bridgehead atoms. The molecule has 1 heterocycles. The SMILES string of the molecule is Cc1ccc(-c2cccc(-c3ccc4c(c3)c3ccccc3n4-c3cccc(-c4ccccc4)c3)c2)cc1.Cc1ccc(-c2ccccc2)cc1.Cc1ccc2c(c1)C(c1ccccc1)(c1ccccc1)c1ccccc1-2. The third-order valence-corrected chi connectivity index (χ3v) is 15.2. The van der Waals surface area contributed by atoms with E-state index in [1.165, 1.54) is 122 Å². The van der Waals surface area contributed by atoms with E-state index in [2.05, 4.69) is 323 Å². The van der Waals surface area contributed by atoms with Gasteiger partial charge in [0.05, 0.1) is 16.4 Å². The summed E-state index contributed by atoms with van der Waals surface area (Å²) in [6.45, 7) is 6.42. The van der Waals surface area contributed by atoms with Crippen LogP contribution in [0.3, 0.4) is 0 Å². The Labute approximate surface area is 453 Å². The van der Waals surface area contributed by atoms with Gasteiger partial charge in [0.15, 0.2) is 0 Å². The summed E-state index contributed by atoms with van der Waals surface area (Å²) in [7, 11) is 0. The maximum atomic E-state index is 2.39. The quantitative estimate of drug-likeness (QED) is 0.150. The second-order valence-corrected chi connectivity index (χ2v) is 20.3. The van der Waals surface area contributed by atoms with Gasteiger partial charge in [-0.05, 0) is 135 Å². The minimum atomic E-state index is -0.263. The van der Waals surface area contributed by atoms with E-state index in [0.29, 0.717) is 0 Å². The van der Waals surface area contributed by atoms with E-state index in [1.807, 2.05) is 6.07 Å². The highest BCUT2D eigenvalue weighted by molar-refractivity contribution is 6.10. The summed E-state index contributed by atoms with van der Waals surface area (Å²) < 4.78 is 2.39. The molecule has 77 heavy (non-hydrogen) atoms. The van der Waals surface area contributed by atoms with E-state index in [1.54, 1.807) is 0 Å². The minimum absolute atomic E-state index is 0.263. The lowest BCUT2D eigenvalue weighted by Crippen LogP contribution is -2.28. The first-order chi connectivity index (χ1) is 37.9. The molecule has 368 valence electrons. The van der Waals surface area contributed by atoms with Crippen LogP contribution in [0.2, 0.25) is 0 Å². The largest absolute Gasteiger partial charge is 0.309 e. The van der Waals surface area contributed by atoms with Crippen molar-refractivity contribution in [3.63, 3.8) is 0 Å². The van der Waals surface area contributed by atoms with Crippen LogP contribution in [0.4, 0.5) is 0 Å². The highest BCUT2D eigenvalue weighted by Gasteiger charge is 2.45. The topological polar surface area (TPSA) is 4.93 Å². The predicted molar refractivity (Wildman–Crippen MR) is 327 cm³/mol. The number of hydrogen-bond donors (Lipinski definition) is 0. The van der Waals surface area contributed by atoms with Crippen LogP contribution >= 0.6 is 0 Å². The van der Waals surface area contributed by atoms with Crippen LogP contribution in [0.15, 0.2) is 303 Å².